The molecule has 84 valence electrons. The Hall–Kier alpha value is -1.56. The van der Waals surface area contributed by atoms with Gasteiger partial charge in [-0.3, -0.25) is 0 Å². The van der Waals surface area contributed by atoms with Crippen LogP contribution in [0.3, 0.4) is 0 Å². The molecular formula is C13H17N3. The second kappa shape index (κ2) is 4.98. The van der Waals surface area contributed by atoms with Crippen molar-refractivity contribution in [2.24, 2.45) is 5.92 Å². The Labute approximate surface area is 96.7 Å². The molecule has 1 aliphatic heterocycles. The van der Waals surface area contributed by atoms with Crippen LogP contribution in [0.2, 0.25) is 0 Å². The van der Waals surface area contributed by atoms with E-state index in [2.05, 4.69) is 22.9 Å². The third-order valence-electron chi connectivity index (χ3n) is 3.29. The summed E-state index contributed by atoms with van der Waals surface area (Å²) in [6.45, 7) is 4.39. The molecule has 3 heteroatoms. The van der Waals surface area contributed by atoms with Crippen LogP contribution in [0.4, 0.5) is 5.82 Å². The first-order valence-electron chi connectivity index (χ1n) is 5.94. The molecular weight excluding hydrogens is 198 g/mol. The van der Waals surface area contributed by atoms with Crippen molar-refractivity contribution in [3.05, 3.63) is 23.9 Å². The van der Waals surface area contributed by atoms with Gasteiger partial charge in [-0.2, -0.15) is 5.26 Å². The molecule has 1 fully saturated rings. The number of piperidine rings is 1. The number of rotatable bonds is 2. The number of aromatic nitrogens is 1. The van der Waals surface area contributed by atoms with Crippen molar-refractivity contribution in [1.29, 1.82) is 5.26 Å². The molecule has 2 heterocycles. The molecule has 1 aromatic heterocycles. The number of anilines is 1. The van der Waals surface area contributed by atoms with Crippen LogP contribution >= 0.6 is 0 Å². The van der Waals surface area contributed by atoms with Crippen LogP contribution in [0.5, 0.6) is 0 Å². The Balaban J connectivity index is 2.14. The summed E-state index contributed by atoms with van der Waals surface area (Å²) in [5.41, 5.74) is 0.698. The topological polar surface area (TPSA) is 39.9 Å². The Bertz CT molecular complexity index is 394. The molecule has 16 heavy (non-hydrogen) atoms. The molecule has 0 saturated carbocycles. The molecule has 0 N–H and O–H groups in total. The third kappa shape index (κ3) is 2.33. The lowest BCUT2D eigenvalue weighted by molar-refractivity contribution is 0.403. The van der Waals surface area contributed by atoms with Crippen LogP contribution in [0.15, 0.2) is 18.3 Å². The van der Waals surface area contributed by atoms with E-state index in [0.29, 0.717) is 5.56 Å². The lowest BCUT2D eigenvalue weighted by atomic mass is 9.95. The molecule has 1 saturated heterocycles. The van der Waals surface area contributed by atoms with Crippen molar-refractivity contribution >= 4 is 5.82 Å². The van der Waals surface area contributed by atoms with Crippen LogP contribution in [-0.2, 0) is 0 Å². The smallest absolute Gasteiger partial charge is 0.129 e. The van der Waals surface area contributed by atoms with Gasteiger partial charge in [0.1, 0.15) is 5.82 Å². The van der Waals surface area contributed by atoms with E-state index in [1.165, 1.54) is 19.3 Å². The van der Waals surface area contributed by atoms with Gasteiger partial charge in [0, 0.05) is 19.3 Å². The third-order valence-corrected chi connectivity index (χ3v) is 3.29. The average molecular weight is 215 g/mol. The fourth-order valence-electron chi connectivity index (χ4n) is 2.27. The van der Waals surface area contributed by atoms with Crippen molar-refractivity contribution in [3.8, 4) is 6.07 Å². The van der Waals surface area contributed by atoms with Gasteiger partial charge in [0.2, 0.25) is 0 Å². The summed E-state index contributed by atoms with van der Waals surface area (Å²) >= 11 is 0. The number of hydrogen-bond acceptors (Lipinski definition) is 3. The Kier molecular flexibility index (Phi) is 3.40. The number of nitrogens with zero attached hydrogens (tertiary/aromatic N) is 3. The van der Waals surface area contributed by atoms with Gasteiger partial charge in [0.05, 0.1) is 11.6 Å². The highest BCUT2D eigenvalue weighted by atomic mass is 15.2. The SMILES string of the molecule is CCC1CCCN(c2cc(C#N)ccn2)C1. The normalized spacial score (nSPS) is 20.5. The molecule has 1 unspecified atom stereocenters. The Morgan fingerprint density at radius 2 is 2.50 bits per heavy atom. The zero-order valence-corrected chi connectivity index (χ0v) is 9.69. The van der Waals surface area contributed by atoms with Crippen molar-refractivity contribution in [2.45, 2.75) is 26.2 Å². The minimum Gasteiger partial charge on any atom is -0.356 e. The van der Waals surface area contributed by atoms with Crippen LogP contribution in [0.25, 0.3) is 0 Å². The van der Waals surface area contributed by atoms with Gasteiger partial charge in [0.15, 0.2) is 0 Å². The van der Waals surface area contributed by atoms with E-state index in [9.17, 15) is 0 Å². The second-order valence-corrected chi connectivity index (χ2v) is 4.38. The van der Waals surface area contributed by atoms with Gasteiger partial charge in [-0.25, -0.2) is 4.98 Å². The molecule has 2 rings (SSSR count). The summed E-state index contributed by atoms with van der Waals surface area (Å²) in [7, 11) is 0. The van der Waals surface area contributed by atoms with Crippen LogP contribution in [0.1, 0.15) is 31.7 Å². The summed E-state index contributed by atoms with van der Waals surface area (Å²) in [6, 6.07) is 5.81. The van der Waals surface area contributed by atoms with Crippen LogP contribution in [-0.4, -0.2) is 18.1 Å². The standard InChI is InChI=1S/C13H17N3/c1-2-11-4-3-7-16(10-11)13-8-12(9-14)5-6-15-13/h5-6,8,11H,2-4,7,10H2,1H3. The molecule has 3 nitrogen and oxygen atoms in total. The molecule has 0 bridgehead atoms. The fourth-order valence-corrected chi connectivity index (χ4v) is 2.27. The quantitative estimate of drug-likeness (QED) is 0.761. The van der Waals surface area contributed by atoms with Gasteiger partial charge in [-0.15, -0.1) is 0 Å². The van der Waals surface area contributed by atoms with Crippen LogP contribution in [0, 0.1) is 17.2 Å². The molecule has 0 aliphatic carbocycles. The Morgan fingerprint density at radius 1 is 1.62 bits per heavy atom. The maximum absolute atomic E-state index is 8.86. The van der Waals surface area contributed by atoms with Crippen molar-refractivity contribution in [3.63, 3.8) is 0 Å². The summed E-state index contributed by atoms with van der Waals surface area (Å²) in [4.78, 5) is 6.66. The second-order valence-electron chi connectivity index (χ2n) is 4.38. The first-order chi connectivity index (χ1) is 7.83. The summed E-state index contributed by atoms with van der Waals surface area (Å²) < 4.78 is 0. The van der Waals surface area contributed by atoms with E-state index < -0.39 is 0 Å². The van der Waals surface area contributed by atoms with Gasteiger partial charge < -0.3 is 4.90 Å². The average Bonchev–Trinajstić information content (AvgIpc) is 2.39. The van der Waals surface area contributed by atoms with Gasteiger partial charge in [-0.1, -0.05) is 13.3 Å². The highest BCUT2D eigenvalue weighted by Crippen LogP contribution is 2.23. The predicted molar refractivity (Wildman–Crippen MR) is 64.2 cm³/mol. The van der Waals surface area contributed by atoms with Crippen molar-refractivity contribution in [1.82, 2.24) is 4.98 Å². The lowest BCUT2D eigenvalue weighted by Crippen LogP contribution is -2.35. The van der Waals surface area contributed by atoms with E-state index in [-0.39, 0.29) is 0 Å². The highest BCUT2D eigenvalue weighted by molar-refractivity contribution is 5.45. The monoisotopic (exact) mass is 215 g/mol. The van der Waals surface area contributed by atoms with Crippen molar-refractivity contribution < 1.29 is 0 Å². The summed E-state index contributed by atoms with van der Waals surface area (Å²) in [6.07, 6.45) is 5.51. The van der Waals surface area contributed by atoms with E-state index in [1.807, 2.05) is 6.07 Å². The number of nitriles is 1. The minimum absolute atomic E-state index is 0.698. The number of hydrogen-bond donors (Lipinski definition) is 0. The molecule has 0 amide bonds. The van der Waals surface area contributed by atoms with E-state index in [4.69, 9.17) is 5.26 Å². The molecule has 0 radical (unpaired) electrons. The van der Waals surface area contributed by atoms with E-state index in [0.717, 1.165) is 24.8 Å². The van der Waals surface area contributed by atoms with Gasteiger partial charge in [-0.05, 0) is 30.9 Å². The highest BCUT2D eigenvalue weighted by Gasteiger charge is 2.19. The van der Waals surface area contributed by atoms with Gasteiger partial charge in [0.25, 0.3) is 0 Å². The molecule has 1 atom stereocenters. The summed E-state index contributed by atoms with van der Waals surface area (Å²) in [5, 5.41) is 8.86. The molecule has 0 aromatic carbocycles. The van der Waals surface area contributed by atoms with Gasteiger partial charge >= 0.3 is 0 Å². The predicted octanol–water partition coefficient (Wildman–Crippen LogP) is 2.58. The maximum atomic E-state index is 8.86. The maximum Gasteiger partial charge on any atom is 0.129 e. The van der Waals surface area contributed by atoms with E-state index >= 15 is 0 Å². The van der Waals surface area contributed by atoms with Crippen LogP contribution < -0.4 is 4.90 Å². The van der Waals surface area contributed by atoms with Crippen molar-refractivity contribution in [2.75, 3.05) is 18.0 Å². The first kappa shape index (κ1) is 10.9. The molecule has 0 spiro atoms. The zero-order chi connectivity index (χ0) is 11.4. The fraction of sp³-hybridized carbons (Fsp3) is 0.538. The largest absolute Gasteiger partial charge is 0.356 e. The molecule has 1 aliphatic rings. The Morgan fingerprint density at radius 3 is 3.25 bits per heavy atom. The first-order valence-corrected chi connectivity index (χ1v) is 5.94. The minimum atomic E-state index is 0.698. The zero-order valence-electron chi connectivity index (χ0n) is 9.69. The van der Waals surface area contributed by atoms with E-state index in [1.54, 1.807) is 12.3 Å². The lowest BCUT2D eigenvalue weighted by Gasteiger charge is -2.33. The number of pyridine rings is 1. The molecule has 1 aromatic rings. The summed E-state index contributed by atoms with van der Waals surface area (Å²) in [5.74, 6) is 1.73.